The minimum absolute atomic E-state index is 0.0939. The second-order valence-electron chi connectivity index (χ2n) is 35.4. The van der Waals surface area contributed by atoms with Crippen LogP contribution in [0.5, 0.6) is 0 Å². The molecule has 0 saturated carbocycles. The van der Waals surface area contributed by atoms with Crippen LogP contribution in [0.25, 0.3) is 0 Å². The van der Waals surface area contributed by atoms with Crippen molar-refractivity contribution in [3.8, 4) is 0 Å². The first kappa shape index (κ1) is 95.8. The van der Waals surface area contributed by atoms with Crippen LogP contribution in [0.4, 0.5) is 0 Å². The zero-order valence-corrected chi connectivity index (χ0v) is 75.6. The third-order valence-electron chi connectivity index (χ3n) is 15.9. The summed E-state index contributed by atoms with van der Waals surface area (Å²) in [6, 6.07) is 13.1. The van der Waals surface area contributed by atoms with Gasteiger partial charge in [0.1, 0.15) is 29.3 Å². The molecule has 9 aromatic rings. The lowest BCUT2D eigenvalue weighted by Gasteiger charge is -2.15. The Morgan fingerprint density at radius 3 is 0.961 bits per heavy atom. The summed E-state index contributed by atoms with van der Waals surface area (Å²) in [6.45, 7) is 86.6. The first-order valence-electron chi connectivity index (χ1n) is 38.2. The fourth-order valence-electron chi connectivity index (χ4n) is 8.25. The Morgan fingerprint density at radius 1 is 0.291 bits per heavy atom. The fourth-order valence-corrected chi connectivity index (χ4v) is 12.4. The molecule has 0 radical (unpaired) electrons. The highest BCUT2D eigenvalue weighted by molar-refractivity contribution is 7.12. The Kier molecular flexibility index (Phi) is 41.1. The molecule has 0 amide bonds. The van der Waals surface area contributed by atoms with Crippen LogP contribution in [0.3, 0.4) is 0 Å². The summed E-state index contributed by atoms with van der Waals surface area (Å²) < 4.78 is 27.3. The summed E-state index contributed by atoms with van der Waals surface area (Å²) in [5.41, 5.74) is 5.81. The Morgan fingerprint density at radius 2 is 0.728 bits per heavy atom. The number of thiophene rings is 2. The summed E-state index contributed by atoms with van der Waals surface area (Å²) in [6.07, 6.45) is 7.45. The van der Waals surface area contributed by atoms with Gasteiger partial charge in [-0.05, 0) is 87.4 Å². The maximum atomic E-state index is 5.61. The van der Waals surface area contributed by atoms with Gasteiger partial charge < -0.3 is 22.1 Å². The maximum Gasteiger partial charge on any atom is 0.219 e. The van der Waals surface area contributed by atoms with Gasteiger partial charge in [0.25, 0.3) is 0 Å². The number of nitrogens with zero attached hydrogens (tertiary/aromatic N) is 6. The predicted octanol–water partition coefficient (Wildman–Crippen LogP) is 30.7. The molecule has 0 aliphatic rings. The highest BCUT2D eigenvalue weighted by Crippen LogP contribution is 2.34. The van der Waals surface area contributed by atoms with Gasteiger partial charge in [-0.1, -0.05) is 277 Å². The minimum Gasteiger partial charge on any atom is -0.469 e. The highest BCUT2D eigenvalue weighted by Gasteiger charge is 2.22. The average Bonchev–Trinajstić information content (AvgIpc) is 1.73. The van der Waals surface area contributed by atoms with E-state index in [1.54, 1.807) is 17.6 Å². The standard InChI is InChI=1S/C11H18O.C11H18S.C10H17NO.C10H17NS.C10H16O.C10H16S.C9H15NO.C9H15NS.C8H14N2O/c2*1-8(2)10-6-9(7-12-10)11(3,4)5;2*1-7(2)9-11-8(6-12-9)10(3,4)5;2*1-7(2)9-5-6-10(11-9)8(3)4;2*1-6(2)8-5-10-9(11-8)7(3)4;1-5(2)7-9-10-8(11-7)6(3)4/h2*6-8H,1-5H3;2*6-7H,1-5H3;2*5-8H,1-4H3;2*5-7H,1-4H3;5-6H,1-4H3. The fraction of sp³-hybridized carbons (Fsp3) is 0.659. The molecule has 103 heavy (non-hydrogen) atoms. The van der Waals surface area contributed by atoms with E-state index in [9.17, 15) is 0 Å². The molecule has 9 heterocycles. The van der Waals surface area contributed by atoms with Gasteiger partial charge in [0.05, 0.1) is 33.9 Å². The Bertz CT molecular complexity index is 3020. The van der Waals surface area contributed by atoms with E-state index in [0.29, 0.717) is 88.3 Å². The largest absolute Gasteiger partial charge is 0.469 e. The predicted molar refractivity (Wildman–Crippen MR) is 450 cm³/mol. The molecule has 0 bridgehead atoms. The van der Waals surface area contributed by atoms with E-state index in [-0.39, 0.29) is 16.2 Å². The van der Waals surface area contributed by atoms with Crippen LogP contribution in [0.2, 0.25) is 0 Å². The van der Waals surface area contributed by atoms with Crippen LogP contribution in [-0.2, 0) is 21.7 Å². The van der Waals surface area contributed by atoms with Crippen LogP contribution in [0.15, 0.2) is 94.2 Å². The van der Waals surface area contributed by atoms with Gasteiger partial charge in [-0.2, -0.15) is 0 Å². The third-order valence-corrected chi connectivity index (χ3v) is 21.6. The number of aromatic nitrogens is 6. The van der Waals surface area contributed by atoms with Crippen LogP contribution in [-0.4, -0.2) is 30.1 Å². The van der Waals surface area contributed by atoms with Gasteiger partial charge >= 0.3 is 0 Å². The summed E-state index contributed by atoms with van der Waals surface area (Å²) in [5.74, 6) is 14.5. The lowest BCUT2D eigenvalue weighted by atomic mass is 9.89. The van der Waals surface area contributed by atoms with Crippen LogP contribution < -0.4 is 0 Å². The van der Waals surface area contributed by atoms with Crippen molar-refractivity contribution in [3.05, 3.63) is 171 Å². The lowest BCUT2D eigenvalue weighted by molar-refractivity contribution is 0.417. The molecule has 15 heteroatoms. The molecule has 0 unspecified atom stereocenters. The normalized spacial score (nSPS) is 11.9. The molecule has 0 fully saturated rings. The van der Waals surface area contributed by atoms with Gasteiger partial charge in [0.15, 0.2) is 11.8 Å². The van der Waals surface area contributed by atoms with Gasteiger partial charge in [-0.3, -0.25) is 0 Å². The van der Waals surface area contributed by atoms with E-state index in [2.05, 4.69) is 327 Å². The number of rotatable bonds is 14. The van der Waals surface area contributed by atoms with Gasteiger partial charge in [-0.25, -0.2) is 19.9 Å². The maximum absolute atomic E-state index is 5.61. The second kappa shape index (κ2) is 44.2. The monoisotopic (exact) mass is 1500 g/mol. The second-order valence-corrected chi connectivity index (χ2v) is 39.5. The molecule has 0 aromatic carbocycles. The van der Waals surface area contributed by atoms with Crippen LogP contribution in [0, 0.1) is 0 Å². The Hall–Kier alpha value is -5.22. The topological polar surface area (TPSA) is 143 Å². The van der Waals surface area contributed by atoms with Crippen molar-refractivity contribution in [3.63, 3.8) is 0 Å². The molecule has 0 aliphatic heterocycles. The molecule has 11 nitrogen and oxygen atoms in total. The first-order chi connectivity index (χ1) is 47.2. The van der Waals surface area contributed by atoms with Gasteiger partial charge in [0, 0.05) is 101 Å². The smallest absolute Gasteiger partial charge is 0.219 e. The number of thiazole rings is 2. The molecule has 0 spiro atoms. The molecule has 582 valence electrons. The summed E-state index contributed by atoms with van der Waals surface area (Å²) >= 11 is 7.44. The van der Waals surface area contributed by atoms with Crippen LogP contribution >= 0.6 is 45.3 Å². The SMILES string of the molecule is CC(C)c1cc(C(C)(C)C)co1.CC(C)c1cc(C(C)(C)C)cs1.CC(C)c1ccc(C(C)C)o1.CC(C)c1ccc(C(C)C)s1.CC(C)c1cnc(C(C)C)o1.CC(C)c1cnc(C(C)C)s1.CC(C)c1nc(C(C)(C)C)co1.CC(C)c1nc(C(C)(C)C)cs1.CC(C)c1nnc(C(C)C)o1. The van der Waals surface area contributed by atoms with Crippen LogP contribution in [0.1, 0.15) is 458 Å². The number of oxazole rings is 2. The molecule has 9 aromatic heterocycles. The van der Waals surface area contributed by atoms with E-state index < -0.39 is 0 Å². The van der Waals surface area contributed by atoms with E-state index in [0.717, 1.165) is 52.3 Å². The van der Waals surface area contributed by atoms with E-state index in [4.69, 9.17) is 22.1 Å². The van der Waals surface area contributed by atoms with Crippen molar-refractivity contribution in [1.82, 2.24) is 30.1 Å². The lowest BCUT2D eigenvalue weighted by Crippen LogP contribution is -2.11. The van der Waals surface area contributed by atoms with Crippen molar-refractivity contribution in [2.45, 2.75) is 381 Å². The summed E-state index contributed by atoms with van der Waals surface area (Å²) in [7, 11) is 0. The first-order valence-corrected chi connectivity index (χ1v) is 41.6. The van der Waals surface area contributed by atoms with Crippen molar-refractivity contribution >= 4 is 45.3 Å². The third kappa shape index (κ3) is 35.8. The van der Waals surface area contributed by atoms with Crippen molar-refractivity contribution < 1.29 is 22.1 Å². The Balaban J connectivity index is 0.000000580. The number of furan rings is 2. The molecule has 0 saturated heterocycles. The molecular formula is C88H146N6O5S4. The highest BCUT2D eigenvalue weighted by atomic mass is 32.1. The number of hydrogen-bond donors (Lipinski definition) is 0. The molecule has 9 rings (SSSR count). The van der Waals surface area contributed by atoms with E-state index in [1.807, 2.05) is 80.4 Å². The van der Waals surface area contributed by atoms with Crippen molar-refractivity contribution in [2.75, 3.05) is 0 Å². The molecular weight excluding hydrogens is 1350 g/mol. The quantitative estimate of drug-likeness (QED) is 0.103. The number of hydrogen-bond acceptors (Lipinski definition) is 15. The van der Waals surface area contributed by atoms with E-state index >= 15 is 0 Å². The molecule has 0 N–H and O–H groups in total. The van der Waals surface area contributed by atoms with E-state index in [1.165, 1.54) is 46.3 Å². The van der Waals surface area contributed by atoms with Gasteiger partial charge in [-0.15, -0.1) is 55.5 Å². The summed E-state index contributed by atoms with van der Waals surface area (Å²) in [5, 5.41) is 14.8. The average molecular weight is 1500 g/mol. The van der Waals surface area contributed by atoms with Gasteiger partial charge in [0.2, 0.25) is 11.8 Å². The summed E-state index contributed by atoms with van der Waals surface area (Å²) in [4.78, 5) is 23.5. The minimum atomic E-state index is 0.0939. The Labute approximate surface area is 645 Å². The zero-order chi connectivity index (χ0) is 79.6. The van der Waals surface area contributed by atoms with Crippen molar-refractivity contribution in [1.29, 1.82) is 0 Å². The van der Waals surface area contributed by atoms with Crippen molar-refractivity contribution in [2.24, 2.45) is 0 Å². The zero-order valence-electron chi connectivity index (χ0n) is 72.4. The molecule has 0 atom stereocenters. The molecule has 0 aliphatic carbocycles.